The third kappa shape index (κ3) is 4.97. The van der Waals surface area contributed by atoms with Crippen molar-refractivity contribution in [2.75, 3.05) is 13.7 Å². The van der Waals surface area contributed by atoms with Gasteiger partial charge in [-0.25, -0.2) is 0 Å². The lowest BCUT2D eigenvalue weighted by molar-refractivity contribution is -0.128. The summed E-state index contributed by atoms with van der Waals surface area (Å²) in [6.07, 6.45) is 0.586. The highest BCUT2D eigenvalue weighted by Crippen LogP contribution is 2.39. The predicted octanol–water partition coefficient (Wildman–Crippen LogP) is 4.68. The Balaban J connectivity index is 2.07. The predicted molar refractivity (Wildman–Crippen MR) is 124 cm³/mol. The Bertz CT molecular complexity index is 968. The van der Waals surface area contributed by atoms with Gasteiger partial charge in [0.25, 0.3) is 0 Å². The van der Waals surface area contributed by atoms with E-state index in [0.29, 0.717) is 18.7 Å². The van der Waals surface area contributed by atoms with Gasteiger partial charge in [-0.3, -0.25) is 4.79 Å². The second-order valence-corrected chi connectivity index (χ2v) is 8.72. The first-order chi connectivity index (χ1) is 14.8. The molecule has 3 rings (SSSR count). The van der Waals surface area contributed by atoms with E-state index in [2.05, 4.69) is 5.32 Å². The smallest absolute Gasteiger partial charge is 0.225 e. The number of carbonyl (C=O) groups excluding carboxylic acids is 1. The molecule has 0 aliphatic carbocycles. The summed E-state index contributed by atoms with van der Waals surface area (Å²) in [4.78, 5) is 12.3. The minimum Gasteiger partial charge on any atom is -0.497 e. The van der Waals surface area contributed by atoms with E-state index in [-0.39, 0.29) is 5.91 Å². The first-order valence-electron chi connectivity index (χ1n) is 10.6. The zero-order valence-corrected chi connectivity index (χ0v) is 18.7. The van der Waals surface area contributed by atoms with Gasteiger partial charge in [-0.05, 0) is 40.8 Å². The number of aliphatic hydroxyl groups is 1. The van der Waals surface area contributed by atoms with Crippen molar-refractivity contribution in [2.45, 2.75) is 32.8 Å². The third-order valence-electron chi connectivity index (χ3n) is 5.45. The Morgan fingerprint density at radius 3 is 1.94 bits per heavy atom. The summed E-state index contributed by atoms with van der Waals surface area (Å²) in [5.41, 5.74) is 1.43. The number of nitrogens with one attached hydrogen (secondary N) is 1. The van der Waals surface area contributed by atoms with Crippen molar-refractivity contribution in [2.24, 2.45) is 5.41 Å². The van der Waals surface area contributed by atoms with Crippen LogP contribution in [0.4, 0.5) is 0 Å². The number of methoxy groups -OCH3 is 1. The molecule has 4 heteroatoms. The van der Waals surface area contributed by atoms with Crippen LogP contribution in [0, 0.1) is 5.41 Å². The summed E-state index contributed by atoms with van der Waals surface area (Å²) in [5, 5.41) is 15.2. The van der Waals surface area contributed by atoms with Crippen LogP contribution in [0.25, 0.3) is 0 Å². The number of ether oxygens (including phenoxy) is 1. The first-order valence-corrected chi connectivity index (χ1v) is 10.6. The highest BCUT2D eigenvalue weighted by Gasteiger charge is 2.36. The lowest BCUT2D eigenvalue weighted by atomic mass is 9.78. The number of rotatable bonds is 7. The molecule has 0 saturated carbocycles. The fourth-order valence-electron chi connectivity index (χ4n) is 3.65. The maximum Gasteiger partial charge on any atom is 0.225 e. The summed E-state index contributed by atoms with van der Waals surface area (Å²) >= 11 is 0. The lowest BCUT2D eigenvalue weighted by Crippen LogP contribution is -2.36. The van der Waals surface area contributed by atoms with Crippen LogP contribution in [-0.2, 0) is 16.8 Å². The normalized spacial score (nSPS) is 11.8. The fourth-order valence-corrected chi connectivity index (χ4v) is 3.65. The maximum atomic E-state index is 12.3. The Kier molecular flexibility index (Phi) is 6.81. The van der Waals surface area contributed by atoms with Gasteiger partial charge in [0, 0.05) is 12.0 Å². The summed E-state index contributed by atoms with van der Waals surface area (Å²) in [5.74, 6) is 0.673. The summed E-state index contributed by atoms with van der Waals surface area (Å²) < 4.78 is 5.48. The van der Waals surface area contributed by atoms with E-state index in [1.54, 1.807) is 7.11 Å². The SMILES string of the molecule is COc1ccc(CCNC(=O)C(C)(C)C)c(C(O)(c2ccccc2)c2ccccc2)c1. The molecule has 0 heterocycles. The van der Waals surface area contributed by atoms with Crippen LogP contribution in [0.2, 0.25) is 0 Å². The van der Waals surface area contributed by atoms with Gasteiger partial charge in [0.05, 0.1) is 7.11 Å². The van der Waals surface area contributed by atoms with Crippen LogP contribution in [0.5, 0.6) is 5.75 Å². The molecule has 0 unspecified atom stereocenters. The molecule has 0 aliphatic rings. The van der Waals surface area contributed by atoms with E-state index >= 15 is 0 Å². The topological polar surface area (TPSA) is 58.6 Å². The zero-order chi connectivity index (χ0) is 22.5. The Morgan fingerprint density at radius 2 is 1.45 bits per heavy atom. The van der Waals surface area contributed by atoms with E-state index in [0.717, 1.165) is 22.3 Å². The van der Waals surface area contributed by atoms with E-state index in [1.807, 2.05) is 99.6 Å². The molecule has 1 amide bonds. The summed E-state index contributed by atoms with van der Waals surface area (Å²) in [6.45, 7) is 6.16. The molecular formula is C27H31NO3. The molecule has 0 atom stereocenters. The lowest BCUT2D eigenvalue weighted by Gasteiger charge is -2.32. The van der Waals surface area contributed by atoms with Gasteiger partial charge in [-0.1, -0.05) is 87.5 Å². The Morgan fingerprint density at radius 1 is 0.903 bits per heavy atom. The van der Waals surface area contributed by atoms with Gasteiger partial charge >= 0.3 is 0 Å². The third-order valence-corrected chi connectivity index (χ3v) is 5.45. The van der Waals surface area contributed by atoms with Crippen molar-refractivity contribution < 1.29 is 14.6 Å². The number of hydrogen-bond donors (Lipinski definition) is 2. The minimum atomic E-state index is -1.36. The largest absolute Gasteiger partial charge is 0.497 e. The van der Waals surface area contributed by atoms with Crippen molar-refractivity contribution in [1.29, 1.82) is 0 Å². The molecule has 0 fully saturated rings. The van der Waals surface area contributed by atoms with Crippen LogP contribution in [-0.4, -0.2) is 24.7 Å². The number of carbonyl (C=O) groups is 1. The molecule has 162 valence electrons. The number of amides is 1. The second-order valence-electron chi connectivity index (χ2n) is 8.72. The van der Waals surface area contributed by atoms with Gasteiger partial charge in [0.15, 0.2) is 0 Å². The van der Waals surface area contributed by atoms with Crippen molar-refractivity contribution in [3.8, 4) is 5.75 Å². The van der Waals surface area contributed by atoms with Gasteiger partial charge in [0.2, 0.25) is 5.91 Å². The maximum absolute atomic E-state index is 12.3. The van der Waals surface area contributed by atoms with Crippen molar-refractivity contribution in [3.63, 3.8) is 0 Å². The van der Waals surface area contributed by atoms with Crippen LogP contribution in [0.1, 0.15) is 43.0 Å². The molecule has 0 spiro atoms. The van der Waals surface area contributed by atoms with Crippen molar-refractivity contribution in [1.82, 2.24) is 5.32 Å². The average Bonchev–Trinajstić information content (AvgIpc) is 2.79. The molecule has 0 saturated heterocycles. The monoisotopic (exact) mass is 417 g/mol. The molecule has 3 aromatic rings. The minimum absolute atomic E-state index is 0.00365. The standard InChI is InChI=1S/C27H31NO3/c1-26(2,3)25(29)28-18-17-20-15-16-23(31-4)19-24(20)27(30,21-11-7-5-8-12-21)22-13-9-6-10-14-22/h5-16,19,30H,17-18H2,1-4H3,(H,28,29). The molecule has 0 radical (unpaired) electrons. The molecule has 2 N–H and O–H groups in total. The van der Waals surface area contributed by atoms with Gasteiger partial charge in [-0.15, -0.1) is 0 Å². The van der Waals surface area contributed by atoms with Gasteiger partial charge in [-0.2, -0.15) is 0 Å². The summed E-state index contributed by atoms with van der Waals surface area (Å²) in [7, 11) is 1.62. The second kappa shape index (κ2) is 9.36. The molecule has 0 aromatic heterocycles. The van der Waals surface area contributed by atoms with E-state index in [4.69, 9.17) is 4.74 Å². The number of hydrogen-bond acceptors (Lipinski definition) is 3. The number of benzene rings is 3. The van der Waals surface area contributed by atoms with Gasteiger partial charge < -0.3 is 15.2 Å². The van der Waals surface area contributed by atoms with Crippen LogP contribution in [0.3, 0.4) is 0 Å². The average molecular weight is 418 g/mol. The molecule has 31 heavy (non-hydrogen) atoms. The highest BCUT2D eigenvalue weighted by molar-refractivity contribution is 5.81. The molecule has 0 aliphatic heterocycles. The highest BCUT2D eigenvalue weighted by atomic mass is 16.5. The van der Waals surface area contributed by atoms with Crippen LogP contribution in [0.15, 0.2) is 78.9 Å². The fraction of sp³-hybridized carbons (Fsp3) is 0.296. The van der Waals surface area contributed by atoms with E-state index in [1.165, 1.54) is 0 Å². The van der Waals surface area contributed by atoms with E-state index in [9.17, 15) is 9.90 Å². The first kappa shape index (κ1) is 22.6. The van der Waals surface area contributed by atoms with Crippen molar-refractivity contribution >= 4 is 5.91 Å². The van der Waals surface area contributed by atoms with Crippen LogP contribution >= 0.6 is 0 Å². The quantitative estimate of drug-likeness (QED) is 0.549. The molecule has 4 nitrogen and oxygen atoms in total. The zero-order valence-electron chi connectivity index (χ0n) is 18.7. The van der Waals surface area contributed by atoms with Gasteiger partial charge in [0.1, 0.15) is 11.4 Å². The molecular weight excluding hydrogens is 386 g/mol. The Labute approximate surface area is 184 Å². The Hall–Kier alpha value is -3.11. The summed E-state index contributed by atoms with van der Waals surface area (Å²) in [6, 6.07) is 25.0. The van der Waals surface area contributed by atoms with E-state index < -0.39 is 11.0 Å². The molecule has 3 aromatic carbocycles. The molecule has 0 bridgehead atoms. The van der Waals surface area contributed by atoms with Crippen molar-refractivity contribution in [3.05, 3.63) is 101 Å². The van der Waals surface area contributed by atoms with Crippen LogP contribution < -0.4 is 10.1 Å².